The van der Waals surface area contributed by atoms with E-state index < -0.39 is 10.0 Å². The maximum absolute atomic E-state index is 12.2. The van der Waals surface area contributed by atoms with Crippen LogP contribution in [-0.4, -0.2) is 32.6 Å². The number of sulfonamides is 1. The number of aryl methyl sites for hydroxylation is 1. The average molecular weight is 350 g/mol. The van der Waals surface area contributed by atoms with E-state index in [1.807, 2.05) is 30.7 Å². The van der Waals surface area contributed by atoms with Crippen LogP contribution < -0.4 is 4.72 Å². The summed E-state index contributed by atoms with van der Waals surface area (Å²) >= 11 is 0. The van der Waals surface area contributed by atoms with Crippen LogP contribution in [0.3, 0.4) is 0 Å². The van der Waals surface area contributed by atoms with Crippen LogP contribution in [0, 0.1) is 6.92 Å². The van der Waals surface area contributed by atoms with E-state index in [1.165, 1.54) is 7.11 Å². The Morgan fingerprint density at radius 3 is 2.38 bits per heavy atom. The fraction of sp³-hybridized carbons (Fsp3) is 0.353. The summed E-state index contributed by atoms with van der Waals surface area (Å²) in [6.45, 7) is 2.19. The van der Waals surface area contributed by atoms with Gasteiger partial charge in [0.1, 0.15) is 0 Å². The Morgan fingerprint density at radius 1 is 1.12 bits per heavy atom. The van der Waals surface area contributed by atoms with Crippen LogP contribution in [0.2, 0.25) is 0 Å². The number of rotatable bonds is 7. The molecule has 0 atom stereocenters. The van der Waals surface area contributed by atoms with Crippen LogP contribution in [0.4, 0.5) is 0 Å². The fourth-order valence-corrected chi connectivity index (χ4v) is 3.40. The third-order valence-electron chi connectivity index (χ3n) is 3.89. The maximum Gasteiger partial charge on any atom is 0.311 e. The SMILES string of the molecule is COC(=O)Cc1ccc(CCNS(=O)(=O)c2ccc(C)cc2)n1C. The highest BCUT2D eigenvalue weighted by molar-refractivity contribution is 7.89. The molecule has 24 heavy (non-hydrogen) atoms. The quantitative estimate of drug-likeness (QED) is 0.769. The first-order valence-electron chi connectivity index (χ1n) is 7.60. The first kappa shape index (κ1) is 18.2. The fourth-order valence-electron chi connectivity index (χ4n) is 2.36. The second-order valence-corrected chi connectivity index (χ2v) is 7.36. The number of carbonyl (C=O) groups excluding carboxylic acids is 1. The predicted octanol–water partition coefficient (Wildman–Crippen LogP) is 1.57. The number of nitrogens with zero attached hydrogens (tertiary/aromatic N) is 1. The Bertz CT molecular complexity index is 808. The highest BCUT2D eigenvalue weighted by atomic mass is 32.2. The summed E-state index contributed by atoms with van der Waals surface area (Å²) in [5, 5.41) is 0. The first-order chi connectivity index (χ1) is 11.3. The molecule has 6 nitrogen and oxygen atoms in total. The van der Waals surface area contributed by atoms with E-state index in [-0.39, 0.29) is 23.8 Å². The zero-order chi connectivity index (χ0) is 17.7. The average Bonchev–Trinajstić information content (AvgIpc) is 2.88. The summed E-state index contributed by atoms with van der Waals surface area (Å²) in [4.78, 5) is 11.6. The number of aromatic nitrogens is 1. The molecule has 7 heteroatoms. The lowest BCUT2D eigenvalue weighted by Crippen LogP contribution is -2.26. The summed E-state index contributed by atoms with van der Waals surface area (Å²) in [6.07, 6.45) is 0.727. The molecule has 0 radical (unpaired) electrons. The van der Waals surface area contributed by atoms with Crippen LogP contribution in [0.15, 0.2) is 41.3 Å². The van der Waals surface area contributed by atoms with Crippen LogP contribution in [0.1, 0.15) is 17.0 Å². The van der Waals surface area contributed by atoms with Crippen molar-refractivity contribution in [1.29, 1.82) is 0 Å². The van der Waals surface area contributed by atoms with Crippen molar-refractivity contribution in [3.05, 3.63) is 53.3 Å². The van der Waals surface area contributed by atoms with E-state index in [9.17, 15) is 13.2 Å². The molecule has 0 saturated carbocycles. The zero-order valence-electron chi connectivity index (χ0n) is 14.1. The Kier molecular flexibility index (Phi) is 5.80. The summed E-state index contributed by atoms with van der Waals surface area (Å²) < 4.78 is 33.6. The molecule has 0 fully saturated rings. The maximum atomic E-state index is 12.2. The smallest absolute Gasteiger partial charge is 0.311 e. The molecule has 0 bridgehead atoms. The highest BCUT2D eigenvalue weighted by Gasteiger charge is 2.14. The van der Waals surface area contributed by atoms with E-state index in [2.05, 4.69) is 9.46 Å². The van der Waals surface area contributed by atoms with Crippen molar-refractivity contribution in [3.63, 3.8) is 0 Å². The molecular weight excluding hydrogens is 328 g/mol. The molecule has 0 aliphatic heterocycles. The van der Waals surface area contributed by atoms with Crippen LogP contribution in [0.5, 0.6) is 0 Å². The minimum absolute atomic E-state index is 0.197. The van der Waals surface area contributed by atoms with Gasteiger partial charge in [-0.05, 0) is 31.2 Å². The second kappa shape index (κ2) is 7.63. The molecule has 0 amide bonds. The molecule has 1 N–H and O–H groups in total. The van der Waals surface area contributed by atoms with E-state index in [4.69, 9.17) is 0 Å². The Labute approximate surface area is 142 Å². The third-order valence-corrected chi connectivity index (χ3v) is 5.36. The first-order valence-corrected chi connectivity index (χ1v) is 9.08. The van der Waals surface area contributed by atoms with Gasteiger partial charge in [-0.25, -0.2) is 13.1 Å². The molecule has 2 aromatic rings. The molecule has 1 aromatic carbocycles. The van der Waals surface area contributed by atoms with E-state index in [0.29, 0.717) is 6.42 Å². The van der Waals surface area contributed by atoms with Gasteiger partial charge in [0.2, 0.25) is 10.0 Å². The van der Waals surface area contributed by atoms with Gasteiger partial charge >= 0.3 is 5.97 Å². The molecule has 0 spiro atoms. The van der Waals surface area contributed by atoms with Crippen LogP contribution in [-0.2, 0) is 39.4 Å². The Morgan fingerprint density at radius 2 is 1.75 bits per heavy atom. The van der Waals surface area contributed by atoms with Gasteiger partial charge in [-0.3, -0.25) is 4.79 Å². The second-order valence-electron chi connectivity index (χ2n) is 5.59. The van der Waals surface area contributed by atoms with E-state index >= 15 is 0 Å². The van der Waals surface area contributed by atoms with Gasteiger partial charge in [-0.2, -0.15) is 0 Å². The molecule has 0 aliphatic carbocycles. The van der Waals surface area contributed by atoms with Crippen LogP contribution >= 0.6 is 0 Å². The van der Waals surface area contributed by atoms with Crippen molar-refractivity contribution in [1.82, 2.24) is 9.29 Å². The van der Waals surface area contributed by atoms with Crippen LogP contribution in [0.25, 0.3) is 0 Å². The highest BCUT2D eigenvalue weighted by Crippen LogP contribution is 2.11. The number of nitrogens with one attached hydrogen (secondary N) is 1. The molecule has 0 saturated heterocycles. The van der Waals surface area contributed by atoms with Gasteiger partial charge in [-0.1, -0.05) is 17.7 Å². The molecule has 130 valence electrons. The van der Waals surface area contributed by atoms with Gasteiger partial charge < -0.3 is 9.30 Å². The third kappa shape index (κ3) is 4.46. The van der Waals surface area contributed by atoms with Crippen molar-refractivity contribution in [3.8, 4) is 0 Å². The monoisotopic (exact) mass is 350 g/mol. The number of hydrogen-bond donors (Lipinski definition) is 1. The molecular formula is C17H22N2O4S. The molecule has 0 unspecified atom stereocenters. The number of ether oxygens (including phenoxy) is 1. The summed E-state index contributed by atoms with van der Waals surface area (Å²) in [6, 6.07) is 10.5. The van der Waals surface area contributed by atoms with Crippen molar-refractivity contribution in [2.45, 2.75) is 24.7 Å². The molecule has 1 heterocycles. The van der Waals surface area contributed by atoms with Crippen molar-refractivity contribution in [2.75, 3.05) is 13.7 Å². The predicted molar refractivity (Wildman–Crippen MR) is 91.2 cm³/mol. The number of hydrogen-bond acceptors (Lipinski definition) is 4. The van der Waals surface area contributed by atoms with Gasteiger partial charge in [0, 0.05) is 31.4 Å². The van der Waals surface area contributed by atoms with E-state index in [1.54, 1.807) is 24.3 Å². The zero-order valence-corrected chi connectivity index (χ0v) is 14.9. The Balaban J connectivity index is 1.97. The van der Waals surface area contributed by atoms with Gasteiger partial charge in [0.15, 0.2) is 0 Å². The van der Waals surface area contributed by atoms with Crippen molar-refractivity contribution in [2.24, 2.45) is 7.05 Å². The Hall–Kier alpha value is -2.12. The lowest BCUT2D eigenvalue weighted by Gasteiger charge is -2.09. The number of methoxy groups -OCH3 is 1. The molecule has 0 aliphatic rings. The normalized spacial score (nSPS) is 11.5. The standard InChI is InChI=1S/C17H22N2O4S/c1-13-4-8-16(9-5-13)24(21,22)18-11-10-14-6-7-15(19(14)2)12-17(20)23-3/h4-9,18H,10-12H2,1-3H3. The number of esters is 1. The lowest BCUT2D eigenvalue weighted by atomic mass is 10.2. The largest absolute Gasteiger partial charge is 0.469 e. The van der Waals surface area contributed by atoms with Gasteiger partial charge in [0.25, 0.3) is 0 Å². The summed E-state index contributed by atoms with van der Waals surface area (Å²) in [7, 11) is -0.307. The van der Waals surface area contributed by atoms with E-state index in [0.717, 1.165) is 17.0 Å². The lowest BCUT2D eigenvalue weighted by molar-refractivity contribution is -0.139. The summed E-state index contributed by atoms with van der Waals surface area (Å²) in [5.41, 5.74) is 2.79. The molecule has 1 aromatic heterocycles. The number of carbonyl (C=O) groups is 1. The van der Waals surface area contributed by atoms with Gasteiger partial charge in [0.05, 0.1) is 18.4 Å². The minimum Gasteiger partial charge on any atom is -0.469 e. The minimum atomic E-state index is -3.51. The van der Waals surface area contributed by atoms with Gasteiger partial charge in [-0.15, -0.1) is 0 Å². The number of benzene rings is 1. The van der Waals surface area contributed by atoms with Crippen molar-refractivity contribution >= 4 is 16.0 Å². The topological polar surface area (TPSA) is 77.4 Å². The van der Waals surface area contributed by atoms with Crippen molar-refractivity contribution < 1.29 is 17.9 Å². The molecule has 2 rings (SSSR count). The summed E-state index contributed by atoms with van der Waals surface area (Å²) in [5.74, 6) is -0.303.